The summed E-state index contributed by atoms with van der Waals surface area (Å²) in [5.41, 5.74) is 0.458. The minimum absolute atomic E-state index is 0.330. The van der Waals surface area contributed by atoms with Crippen molar-refractivity contribution >= 4 is 39.2 Å². The molecule has 0 saturated carbocycles. The minimum atomic E-state index is -4.09. The fourth-order valence-electron chi connectivity index (χ4n) is 1.94. The highest BCUT2D eigenvalue weighted by atomic mass is 35.5. The van der Waals surface area contributed by atoms with E-state index in [2.05, 4.69) is 5.32 Å². The van der Waals surface area contributed by atoms with Crippen molar-refractivity contribution in [3.8, 4) is 0 Å². The van der Waals surface area contributed by atoms with E-state index in [0.29, 0.717) is 10.7 Å². The maximum absolute atomic E-state index is 13.1. The zero-order valence-corrected chi connectivity index (χ0v) is 15.7. The molecule has 1 atom stereocenters. The molecule has 0 aliphatic carbocycles. The lowest BCUT2D eigenvalue weighted by Crippen LogP contribution is -2.35. The molecule has 0 aromatic heterocycles. The summed E-state index contributed by atoms with van der Waals surface area (Å²) in [6.45, 7) is 0.627. The van der Waals surface area contributed by atoms with Crippen LogP contribution in [0.4, 0.5) is 10.1 Å². The fourth-order valence-corrected chi connectivity index (χ4v) is 3.07. The second-order valence-corrected chi connectivity index (χ2v) is 7.61. The Hall–Kier alpha value is -2.49. The van der Waals surface area contributed by atoms with E-state index in [9.17, 15) is 22.4 Å². The highest BCUT2D eigenvalue weighted by Gasteiger charge is 2.21. The summed E-state index contributed by atoms with van der Waals surface area (Å²) in [5, 5.41) is 3.02. The summed E-state index contributed by atoms with van der Waals surface area (Å²) >= 11 is 5.75. The number of nitrogens with one attached hydrogen (secondary N) is 2. The van der Waals surface area contributed by atoms with Crippen molar-refractivity contribution < 1.29 is 27.1 Å². The monoisotopic (exact) mass is 414 g/mol. The molecule has 2 rings (SSSR count). The molecule has 10 heteroatoms. The van der Waals surface area contributed by atoms with Gasteiger partial charge in [0.1, 0.15) is 12.4 Å². The van der Waals surface area contributed by atoms with E-state index < -0.39 is 40.4 Å². The van der Waals surface area contributed by atoms with Crippen LogP contribution in [0.1, 0.15) is 6.92 Å². The first-order valence-corrected chi connectivity index (χ1v) is 9.54. The molecular weight excluding hydrogens is 399 g/mol. The van der Waals surface area contributed by atoms with Crippen LogP contribution in [0.15, 0.2) is 53.4 Å². The van der Waals surface area contributed by atoms with Crippen LogP contribution in [0.3, 0.4) is 0 Å². The predicted molar refractivity (Wildman–Crippen MR) is 97.2 cm³/mol. The van der Waals surface area contributed by atoms with Gasteiger partial charge in [0.25, 0.3) is 5.91 Å². The van der Waals surface area contributed by atoms with Crippen molar-refractivity contribution in [2.45, 2.75) is 17.9 Å². The van der Waals surface area contributed by atoms with Gasteiger partial charge in [-0.05, 0) is 49.4 Å². The highest BCUT2D eigenvalue weighted by Crippen LogP contribution is 2.14. The fraction of sp³-hybridized carbons (Fsp3) is 0.176. The summed E-state index contributed by atoms with van der Waals surface area (Å²) in [6, 6.07) is 10.6. The Balaban J connectivity index is 1.87. The maximum Gasteiger partial charge on any atom is 0.321 e. The third-order valence-electron chi connectivity index (χ3n) is 3.30. The van der Waals surface area contributed by atoms with Crippen LogP contribution in [0, 0.1) is 5.82 Å². The van der Waals surface area contributed by atoms with Crippen molar-refractivity contribution in [3.05, 3.63) is 59.4 Å². The van der Waals surface area contributed by atoms with E-state index in [1.54, 1.807) is 24.3 Å². The summed E-state index contributed by atoms with van der Waals surface area (Å²) in [5.74, 6) is -2.29. The van der Waals surface area contributed by atoms with Gasteiger partial charge in [0.05, 0.1) is 4.90 Å². The van der Waals surface area contributed by atoms with Crippen LogP contribution in [0.25, 0.3) is 0 Å². The number of rotatable bonds is 7. The molecule has 7 nitrogen and oxygen atoms in total. The van der Waals surface area contributed by atoms with Crippen LogP contribution < -0.4 is 10.0 Å². The van der Waals surface area contributed by atoms with Crippen LogP contribution in [0.5, 0.6) is 0 Å². The van der Waals surface area contributed by atoms with Crippen LogP contribution >= 0.6 is 11.6 Å². The van der Waals surface area contributed by atoms with Gasteiger partial charge in [0.15, 0.2) is 6.10 Å². The van der Waals surface area contributed by atoms with E-state index in [0.717, 1.165) is 12.1 Å². The number of anilines is 1. The number of carbonyl (C=O) groups excluding carboxylic acids is 2. The quantitative estimate of drug-likeness (QED) is 0.677. The zero-order chi connectivity index (χ0) is 20.0. The van der Waals surface area contributed by atoms with Gasteiger partial charge in [0, 0.05) is 10.7 Å². The van der Waals surface area contributed by atoms with E-state index >= 15 is 0 Å². The largest absolute Gasteiger partial charge is 0.452 e. The Morgan fingerprint density at radius 2 is 1.85 bits per heavy atom. The first kappa shape index (κ1) is 20.8. The van der Waals surface area contributed by atoms with Gasteiger partial charge in [-0.3, -0.25) is 9.59 Å². The van der Waals surface area contributed by atoms with Gasteiger partial charge in [0.2, 0.25) is 10.0 Å². The molecule has 27 heavy (non-hydrogen) atoms. The smallest absolute Gasteiger partial charge is 0.321 e. The second-order valence-electron chi connectivity index (χ2n) is 5.41. The first-order chi connectivity index (χ1) is 12.7. The van der Waals surface area contributed by atoms with Gasteiger partial charge in [-0.1, -0.05) is 17.7 Å². The lowest BCUT2D eigenvalue weighted by Gasteiger charge is -2.14. The minimum Gasteiger partial charge on any atom is -0.452 e. The number of hydrogen-bond acceptors (Lipinski definition) is 5. The molecule has 0 radical (unpaired) electrons. The van der Waals surface area contributed by atoms with Crippen LogP contribution in [-0.4, -0.2) is 32.9 Å². The molecule has 0 aliphatic heterocycles. The van der Waals surface area contributed by atoms with Crippen LogP contribution in [-0.2, 0) is 24.3 Å². The molecular formula is C17H16ClFN2O5S. The Morgan fingerprint density at radius 3 is 2.48 bits per heavy atom. The molecule has 0 aliphatic rings. The van der Waals surface area contributed by atoms with E-state index in [1.165, 1.54) is 19.1 Å². The number of amides is 1. The lowest BCUT2D eigenvalue weighted by atomic mass is 10.3. The molecule has 0 fully saturated rings. The number of ether oxygens (including phenoxy) is 1. The normalized spacial score (nSPS) is 12.3. The summed E-state index contributed by atoms with van der Waals surface area (Å²) in [4.78, 5) is 23.4. The molecule has 144 valence electrons. The average molecular weight is 415 g/mol. The number of carbonyl (C=O) groups is 2. The van der Waals surface area contributed by atoms with Crippen molar-refractivity contribution in [1.82, 2.24) is 4.72 Å². The van der Waals surface area contributed by atoms with Crippen molar-refractivity contribution in [1.29, 1.82) is 0 Å². The molecule has 2 N–H and O–H groups in total. The maximum atomic E-state index is 13.1. The Kier molecular flexibility index (Phi) is 6.89. The number of benzene rings is 2. The number of hydrogen-bond donors (Lipinski definition) is 2. The standard InChI is InChI=1S/C17H16ClFN2O5S/c1-11(17(23)21-14-7-5-12(18)6-8-14)26-16(22)10-20-27(24,25)15-4-2-3-13(19)9-15/h2-9,11,20H,10H2,1H3,(H,21,23)/t11-/m1/s1. The van der Waals surface area contributed by atoms with Crippen molar-refractivity contribution in [2.75, 3.05) is 11.9 Å². The Bertz CT molecular complexity index is 935. The summed E-state index contributed by atoms with van der Waals surface area (Å²) in [6.07, 6.45) is -1.16. The van der Waals surface area contributed by atoms with Crippen LogP contribution in [0.2, 0.25) is 5.02 Å². The summed E-state index contributed by atoms with van der Waals surface area (Å²) < 4.78 is 44.0. The van der Waals surface area contributed by atoms with Gasteiger partial charge in [-0.15, -0.1) is 0 Å². The third kappa shape index (κ3) is 6.31. The number of halogens is 2. The molecule has 0 unspecified atom stereocenters. The predicted octanol–water partition coefficient (Wildman–Crippen LogP) is 2.33. The molecule has 0 bridgehead atoms. The molecule has 0 spiro atoms. The summed E-state index contributed by atoms with van der Waals surface area (Å²) in [7, 11) is -4.09. The second kappa shape index (κ2) is 8.94. The molecule has 0 saturated heterocycles. The SMILES string of the molecule is C[C@@H](OC(=O)CNS(=O)(=O)c1cccc(F)c1)C(=O)Nc1ccc(Cl)cc1. The molecule has 1 amide bonds. The van der Waals surface area contributed by atoms with Gasteiger partial charge >= 0.3 is 5.97 Å². The number of esters is 1. The zero-order valence-electron chi connectivity index (χ0n) is 14.1. The molecule has 0 heterocycles. The van der Waals surface area contributed by atoms with Gasteiger partial charge in [-0.25, -0.2) is 12.8 Å². The molecule has 2 aromatic carbocycles. The molecule has 2 aromatic rings. The van der Waals surface area contributed by atoms with Crippen molar-refractivity contribution in [3.63, 3.8) is 0 Å². The van der Waals surface area contributed by atoms with Crippen molar-refractivity contribution in [2.24, 2.45) is 0 Å². The van der Waals surface area contributed by atoms with E-state index in [1.807, 2.05) is 4.72 Å². The van der Waals surface area contributed by atoms with E-state index in [4.69, 9.17) is 16.3 Å². The topological polar surface area (TPSA) is 102 Å². The van der Waals surface area contributed by atoms with E-state index in [-0.39, 0.29) is 4.90 Å². The lowest BCUT2D eigenvalue weighted by molar-refractivity contribution is -0.151. The third-order valence-corrected chi connectivity index (χ3v) is 4.95. The van der Waals surface area contributed by atoms with Gasteiger partial charge in [-0.2, -0.15) is 4.72 Å². The first-order valence-electron chi connectivity index (χ1n) is 7.68. The Morgan fingerprint density at radius 1 is 1.19 bits per heavy atom. The highest BCUT2D eigenvalue weighted by molar-refractivity contribution is 7.89. The van der Waals surface area contributed by atoms with Gasteiger partial charge < -0.3 is 10.1 Å². The number of sulfonamides is 1. The average Bonchev–Trinajstić information content (AvgIpc) is 2.62. The Labute approximate surface area is 160 Å².